The molecule has 1 saturated heterocycles. The Morgan fingerprint density at radius 2 is 2.47 bits per heavy atom. The minimum Gasteiger partial charge on any atom is -0.370 e. The molecule has 15 heavy (non-hydrogen) atoms. The predicted octanol–water partition coefficient (Wildman–Crippen LogP) is 1.82. The van der Waals surface area contributed by atoms with Gasteiger partial charge in [0, 0.05) is 19.9 Å². The van der Waals surface area contributed by atoms with Crippen LogP contribution in [-0.2, 0) is 11.8 Å². The van der Waals surface area contributed by atoms with Gasteiger partial charge in [0.05, 0.1) is 0 Å². The lowest BCUT2D eigenvalue weighted by atomic mass is 10.2. The zero-order chi connectivity index (χ0) is 10.3. The molecule has 0 N–H and O–H groups in total. The van der Waals surface area contributed by atoms with E-state index < -0.39 is 0 Å². The Morgan fingerprint density at radius 3 is 3.20 bits per heavy atom. The van der Waals surface area contributed by atoms with E-state index in [1.807, 2.05) is 23.7 Å². The molecule has 1 aliphatic heterocycles. The fourth-order valence-electron chi connectivity index (χ4n) is 2.11. The highest BCUT2D eigenvalue weighted by Crippen LogP contribution is 2.28. The van der Waals surface area contributed by atoms with Gasteiger partial charge in [0.25, 0.3) is 0 Å². The van der Waals surface area contributed by atoms with Crippen molar-refractivity contribution in [2.24, 2.45) is 7.05 Å². The van der Waals surface area contributed by atoms with E-state index in [0.717, 1.165) is 36.4 Å². The smallest absolute Gasteiger partial charge is 0.159 e. The molecule has 0 radical (unpaired) electrons. The topological polar surface area (TPSA) is 39.9 Å². The molecule has 0 amide bonds. The second-order valence-corrected chi connectivity index (χ2v) is 3.88. The molecule has 78 valence electrons. The molecule has 4 nitrogen and oxygen atoms in total. The summed E-state index contributed by atoms with van der Waals surface area (Å²) in [5.74, 6) is 1.00. The third kappa shape index (κ3) is 1.33. The number of aryl methyl sites for hydroxylation is 1. The van der Waals surface area contributed by atoms with E-state index in [1.54, 1.807) is 6.20 Å². The summed E-state index contributed by atoms with van der Waals surface area (Å²) in [4.78, 5) is 8.89. The molecule has 1 unspecified atom stereocenters. The van der Waals surface area contributed by atoms with Crippen LogP contribution < -0.4 is 0 Å². The molecule has 0 saturated carbocycles. The number of pyridine rings is 1. The van der Waals surface area contributed by atoms with Crippen LogP contribution in [0.25, 0.3) is 11.2 Å². The molecule has 2 aromatic rings. The van der Waals surface area contributed by atoms with Crippen molar-refractivity contribution in [3.05, 3.63) is 24.2 Å². The maximum absolute atomic E-state index is 5.64. The van der Waals surface area contributed by atoms with Crippen LogP contribution in [0, 0.1) is 0 Å². The maximum atomic E-state index is 5.64. The summed E-state index contributed by atoms with van der Waals surface area (Å²) in [7, 11) is 2.00. The fourth-order valence-corrected chi connectivity index (χ4v) is 2.11. The molecule has 1 fully saturated rings. The van der Waals surface area contributed by atoms with Gasteiger partial charge in [-0.15, -0.1) is 0 Å². The Labute approximate surface area is 87.9 Å². The van der Waals surface area contributed by atoms with Gasteiger partial charge in [-0.2, -0.15) is 0 Å². The lowest BCUT2D eigenvalue weighted by Gasteiger charge is -2.08. The molecule has 1 atom stereocenters. The highest BCUT2D eigenvalue weighted by Gasteiger charge is 2.23. The van der Waals surface area contributed by atoms with Crippen molar-refractivity contribution in [1.29, 1.82) is 0 Å². The van der Waals surface area contributed by atoms with Crippen LogP contribution >= 0.6 is 0 Å². The molecule has 0 aromatic carbocycles. The summed E-state index contributed by atoms with van der Waals surface area (Å²) in [6.07, 6.45) is 4.14. The van der Waals surface area contributed by atoms with E-state index in [0.29, 0.717) is 0 Å². The number of aromatic nitrogens is 3. The van der Waals surface area contributed by atoms with Crippen molar-refractivity contribution in [1.82, 2.24) is 14.5 Å². The van der Waals surface area contributed by atoms with E-state index in [-0.39, 0.29) is 6.10 Å². The zero-order valence-corrected chi connectivity index (χ0v) is 8.68. The Balaban J connectivity index is 2.14. The number of hydrogen-bond donors (Lipinski definition) is 0. The SMILES string of the molecule is Cn1c(C2CCCO2)nc2cccnc21. The minimum atomic E-state index is 0.157. The Morgan fingerprint density at radius 1 is 1.53 bits per heavy atom. The van der Waals surface area contributed by atoms with Crippen molar-refractivity contribution >= 4 is 11.2 Å². The summed E-state index contributed by atoms with van der Waals surface area (Å²) < 4.78 is 7.67. The lowest BCUT2D eigenvalue weighted by molar-refractivity contribution is 0.103. The van der Waals surface area contributed by atoms with Gasteiger partial charge >= 0.3 is 0 Å². The van der Waals surface area contributed by atoms with Crippen molar-refractivity contribution < 1.29 is 4.74 Å². The highest BCUT2D eigenvalue weighted by molar-refractivity contribution is 5.71. The maximum Gasteiger partial charge on any atom is 0.159 e. The summed E-state index contributed by atoms with van der Waals surface area (Å²) in [5, 5.41) is 0. The lowest BCUT2D eigenvalue weighted by Crippen LogP contribution is -2.04. The number of ether oxygens (including phenoxy) is 1. The van der Waals surface area contributed by atoms with Crippen LogP contribution in [0.1, 0.15) is 24.8 Å². The molecule has 1 aliphatic rings. The second kappa shape index (κ2) is 3.31. The first-order chi connectivity index (χ1) is 7.36. The molecule has 3 heterocycles. The van der Waals surface area contributed by atoms with E-state index in [2.05, 4.69) is 9.97 Å². The molecular formula is C11H13N3O. The van der Waals surface area contributed by atoms with E-state index in [9.17, 15) is 0 Å². The Hall–Kier alpha value is -1.42. The minimum absolute atomic E-state index is 0.157. The Bertz CT molecular complexity index is 486. The van der Waals surface area contributed by atoms with Crippen molar-refractivity contribution in [2.75, 3.05) is 6.61 Å². The summed E-state index contributed by atoms with van der Waals surface area (Å²) in [6, 6.07) is 3.90. The van der Waals surface area contributed by atoms with Gasteiger partial charge in [0.2, 0.25) is 0 Å². The van der Waals surface area contributed by atoms with E-state index in [1.165, 1.54) is 0 Å². The molecule has 4 heteroatoms. The zero-order valence-electron chi connectivity index (χ0n) is 8.68. The van der Waals surface area contributed by atoms with Crippen LogP contribution in [0.3, 0.4) is 0 Å². The van der Waals surface area contributed by atoms with E-state index in [4.69, 9.17) is 4.74 Å². The first-order valence-corrected chi connectivity index (χ1v) is 5.25. The van der Waals surface area contributed by atoms with Crippen LogP contribution in [0.15, 0.2) is 18.3 Å². The van der Waals surface area contributed by atoms with Crippen LogP contribution in [0.2, 0.25) is 0 Å². The number of nitrogens with zero attached hydrogens (tertiary/aromatic N) is 3. The number of hydrogen-bond acceptors (Lipinski definition) is 3. The van der Waals surface area contributed by atoms with Gasteiger partial charge in [0.1, 0.15) is 17.4 Å². The van der Waals surface area contributed by atoms with Gasteiger partial charge in [0.15, 0.2) is 5.65 Å². The predicted molar refractivity (Wildman–Crippen MR) is 56.4 cm³/mol. The monoisotopic (exact) mass is 203 g/mol. The average molecular weight is 203 g/mol. The second-order valence-electron chi connectivity index (χ2n) is 3.88. The molecule has 3 rings (SSSR count). The van der Waals surface area contributed by atoms with Gasteiger partial charge in [-0.1, -0.05) is 0 Å². The average Bonchev–Trinajstić information content (AvgIpc) is 2.87. The van der Waals surface area contributed by atoms with Gasteiger partial charge in [-0.05, 0) is 25.0 Å². The third-order valence-corrected chi connectivity index (χ3v) is 2.88. The normalized spacial score (nSPS) is 21.3. The Kier molecular flexibility index (Phi) is 1.95. The van der Waals surface area contributed by atoms with Crippen LogP contribution in [-0.4, -0.2) is 21.1 Å². The van der Waals surface area contributed by atoms with Crippen molar-refractivity contribution in [2.45, 2.75) is 18.9 Å². The van der Waals surface area contributed by atoms with Crippen LogP contribution in [0.4, 0.5) is 0 Å². The standard InChI is InChI=1S/C11H13N3O/c1-14-10-8(4-2-6-12-10)13-11(14)9-5-3-7-15-9/h2,4,6,9H,3,5,7H2,1H3. The van der Waals surface area contributed by atoms with Crippen molar-refractivity contribution in [3.8, 4) is 0 Å². The highest BCUT2D eigenvalue weighted by atomic mass is 16.5. The molecular weight excluding hydrogens is 190 g/mol. The fraction of sp³-hybridized carbons (Fsp3) is 0.455. The molecule has 0 aliphatic carbocycles. The van der Waals surface area contributed by atoms with Gasteiger partial charge in [-0.3, -0.25) is 0 Å². The van der Waals surface area contributed by atoms with E-state index >= 15 is 0 Å². The summed E-state index contributed by atoms with van der Waals surface area (Å²) in [6.45, 7) is 0.849. The summed E-state index contributed by atoms with van der Waals surface area (Å²) >= 11 is 0. The first kappa shape index (κ1) is 8.85. The van der Waals surface area contributed by atoms with Crippen molar-refractivity contribution in [3.63, 3.8) is 0 Å². The van der Waals surface area contributed by atoms with Gasteiger partial charge in [-0.25, -0.2) is 9.97 Å². The molecule has 2 aromatic heterocycles. The number of rotatable bonds is 1. The first-order valence-electron chi connectivity index (χ1n) is 5.25. The molecule has 0 bridgehead atoms. The summed E-state index contributed by atoms with van der Waals surface area (Å²) in [5.41, 5.74) is 1.88. The third-order valence-electron chi connectivity index (χ3n) is 2.88. The van der Waals surface area contributed by atoms with Crippen LogP contribution in [0.5, 0.6) is 0 Å². The quantitative estimate of drug-likeness (QED) is 0.709. The largest absolute Gasteiger partial charge is 0.370 e. The number of imidazole rings is 1. The number of fused-ring (bicyclic) bond motifs is 1. The van der Waals surface area contributed by atoms with Gasteiger partial charge < -0.3 is 9.30 Å². The molecule has 0 spiro atoms.